The van der Waals surface area contributed by atoms with Gasteiger partial charge in [0.15, 0.2) is 6.29 Å². The van der Waals surface area contributed by atoms with Crippen LogP contribution in [0.15, 0.2) is 48.2 Å². The third-order valence-electron chi connectivity index (χ3n) is 4.33. The van der Waals surface area contributed by atoms with Crippen molar-refractivity contribution in [2.75, 3.05) is 28.3 Å². The number of amides is 2. The molecule has 0 bridgehead atoms. The van der Waals surface area contributed by atoms with Crippen LogP contribution in [-0.4, -0.2) is 67.2 Å². The van der Waals surface area contributed by atoms with Gasteiger partial charge in [-0.15, -0.1) is 0 Å². The maximum Gasteiger partial charge on any atom is 0.282 e. The van der Waals surface area contributed by atoms with Crippen LogP contribution in [0.3, 0.4) is 0 Å². The van der Waals surface area contributed by atoms with Crippen LogP contribution in [0.5, 0.6) is 0 Å². The van der Waals surface area contributed by atoms with Crippen LogP contribution in [0, 0.1) is 10.1 Å². The molecule has 1 heterocycles. The SMILES string of the molecule is COC(OC)[C@@H]1CC(/C=C\C(=O)N(C)C)=CN1C(=O)c1ccccc1[N+](=O)[O-]. The van der Waals surface area contributed by atoms with Crippen LogP contribution in [0.1, 0.15) is 16.8 Å². The van der Waals surface area contributed by atoms with Crippen molar-refractivity contribution in [3.05, 3.63) is 63.9 Å². The highest BCUT2D eigenvalue weighted by Gasteiger charge is 2.37. The number of benzene rings is 1. The van der Waals surface area contributed by atoms with Gasteiger partial charge in [-0.25, -0.2) is 0 Å². The molecule has 0 radical (unpaired) electrons. The lowest BCUT2D eigenvalue weighted by molar-refractivity contribution is -0.385. The fraction of sp³-hybridized carbons (Fsp3) is 0.368. The molecule has 0 N–H and O–H groups in total. The van der Waals surface area contributed by atoms with Gasteiger partial charge in [0, 0.05) is 46.7 Å². The largest absolute Gasteiger partial charge is 0.354 e. The number of ether oxygens (including phenoxy) is 2. The normalized spacial score (nSPS) is 16.5. The summed E-state index contributed by atoms with van der Waals surface area (Å²) in [5.41, 5.74) is 0.387. The Balaban J connectivity index is 2.39. The fourth-order valence-corrected chi connectivity index (χ4v) is 2.91. The third-order valence-corrected chi connectivity index (χ3v) is 4.33. The molecular weight excluding hydrogens is 366 g/mol. The minimum Gasteiger partial charge on any atom is -0.354 e. The maximum absolute atomic E-state index is 13.1. The molecule has 1 aliphatic heterocycles. The van der Waals surface area contributed by atoms with Gasteiger partial charge in [-0.3, -0.25) is 19.7 Å². The van der Waals surface area contributed by atoms with Gasteiger partial charge in [-0.1, -0.05) is 18.2 Å². The number of hydrogen-bond donors (Lipinski definition) is 0. The number of para-hydroxylation sites is 1. The Bertz CT molecular complexity index is 814. The summed E-state index contributed by atoms with van der Waals surface area (Å²) in [7, 11) is 6.17. The Morgan fingerprint density at radius 1 is 1.29 bits per heavy atom. The van der Waals surface area contributed by atoms with E-state index in [1.165, 1.54) is 48.3 Å². The number of rotatable bonds is 7. The first-order chi connectivity index (χ1) is 13.3. The molecular formula is C19H23N3O6. The zero-order valence-corrected chi connectivity index (χ0v) is 16.2. The summed E-state index contributed by atoms with van der Waals surface area (Å²) in [5.74, 6) is -0.741. The second-order valence-electron chi connectivity index (χ2n) is 6.37. The first kappa shape index (κ1) is 21.3. The lowest BCUT2D eigenvalue weighted by Crippen LogP contribution is -2.43. The van der Waals surface area contributed by atoms with Gasteiger partial charge >= 0.3 is 0 Å². The molecule has 0 spiro atoms. The van der Waals surface area contributed by atoms with Gasteiger partial charge in [0.1, 0.15) is 5.56 Å². The fourth-order valence-electron chi connectivity index (χ4n) is 2.91. The lowest BCUT2D eigenvalue weighted by Gasteiger charge is -2.29. The van der Waals surface area contributed by atoms with Crippen LogP contribution in [0.2, 0.25) is 0 Å². The molecule has 0 aromatic heterocycles. The minimum atomic E-state index is -0.738. The number of carbonyl (C=O) groups is 2. The van der Waals surface area contributed by atoms with Crippen LogP contribution in [0.4, 0.5) is 5.69 Å². The van der Waals surface area contributed by atoms with Gasteiger partial charge in [-0.05, 0) is 18.1 Å². The molecule has 0 saturated carbocycles. The Labute approximate surface area is 163 Å². The second kappa shape index (κ2) is 9.25. The highest BCUT2D eigenvalue weighted by Crippen LogP contribution is 2.30. The molecule has 0 saturated heterocycles. The van der Waals surface area contributed by atoms with Gasteiger partial charge < -0.3 is 19.3 Å². The molecule has 9 heteroatoms. The van der Waals surface area contributed by atoms with E-state index >= 15 is 0 Å². The zero-order chi connectivity index (χ0) is 20.8. The van der Waals surface area contributed by atoms with Crippen LogP contribution in [0.25, 0.3) is 0 Å². The Kier molecular flexibility index (Phi) is 7.02. The smallest absolute Gasteiger partial charge is 0.282 e. The van der Waals surface area contributed by atoms with E-state index in [4.69, 9.17) is 9.47 Å². The van der Waals surface area contributed by atoms with Gasteiger partial charge in [0.2, 0.25) is 5.91 Å². The molecule has 9 nitrogen and oxygen atoms in total. The van der Waals surface area contributed by atoms with E-state index < -0.39 is 23.2 Å². The van der Waals surface area contributed by atoms with Crippen molar-refractivity contribution in [3.8, 4) is 0 Å². The highest BCUT2D eigenvalue weighted by molar-refractivity contribution is 5.99. The van der Waals surface area contributed by atoms with E-state index in [1.807, 2.05) is 0 Å². The molecule has 1 aromatic rings. The summed E-state index contributed by atoms with van der Waals surface area (Å²) in [4.78, 5) is 38.3. The number of carbonyl (C=O) groups excluding carboxylic acids is 2. The molecule has 1 atom stereocenters. The van der Waals surface area contributed by atoms with Crippen molar-refractivity contribution in [1.82, 2.24) is 9.80 Å². The summed E-state index contributed by atoms with van der Waals surface area (Å²) in [6.45, 7) is 0. The first-order valence-electron chi connectivity index (χ1n) is 8.51. The first-order valence-corrected chi connectivity index (χ1v) is 8.51. The van der Waals surface area contributed by atoms with E-state index in [-0.39, 0.29) is 17.2 Å². The predicted molar refractivity (Wildman–Crippen MR) is 101 cm³/mol. The maximum atomic E-state index is 13.1. The van der Waals surface area contributed by atoms with E-state index in [1.54, 1.807) is 32.4 Å². The van der Waals surface area contributed by atoms with Crippen LogP contribution >= 0.6 is 0 Å². The molecule has 2 amide bonds. The summed E-state index contributed by atoms with van der Waals surface area (Å²) in [6.07, 6.45) is 4.21. The van der Waals surface area contributed by atoms with Crippen molar-refractivity contribution in [3.63, 3.8) is 0 Å². The number of likely N-dealkylation sites (N-methyl/N-ethyl adjacent to an activating group) is 1. The summed E-state index contributed by atoms with van der Waals surface area (Å²) < 4.78 is 10.6. The molecule has 1 aromatic carbocycles. The predicted octanol–water partition coefficient (Wildman–Crippen LogP) is 1.96. The van der Waals surface area contributed by atoms with E-state index in [0.29, 0.717) is 12.0 Å². The van der Waals surface area contributed by atoms with Gasteiger partial charge in [-0.2, -0.15) is 0 Å². The Morgan fingerprint density at radius 2 is 1.93 bits per heavy atom. The van der Waals surface area contributed by atoms with E-state index in [0.717, 1.165) is 0 Å². The molecule has 28 heavy (non-hydrogen) atoms. The van der Waals surface area contributed by atoms with Crippen molar-refractivity contribution >= 4 is 17.5 Å². The monoisotopic (exact) mass is 389 g/mol. The Hall–Kier alpha value is -3.04. The van der Waals surface area contributed by atoms with E-state index in [9.17, 15) is 19.7 Å². The standard InChI is InChI=1S/C19H23N3O6/c1-20(2)17(23)10-9-13-11-16(19(27-3)28-4)21(12-13)18(24)14-7-5-6-8-15(14)22(25)26/h5-10,12,16,19H,11H2,1-4H3/b10-9-/t16-/m0/s1. The average Bonchev–Trinajstić information content (AvgIpc) is 3.10. The summed E-state index contributed by atoms with van der Waals surface area (Å²) in [6, 6.07) is 5.22. The summed E-state index contributed by atoms with van der Waals surface area (Å²) in [5, 5.41) is 11.3. The van der Waals surface area contributed by atoms with E-state index in [2.05, 4.69) is 0 Å². The number of hydrogen-bond acceptors (Lipinski definition) is 6. The second-order valence-corrected chi connectivity index (χ2v) is 6.37. The third kappa shape index (κ3) is 4.62. The Morgan fingerprint density at radius 3 is 2.50 bits per heavy atom. The number of methoxy groups -OCH3 is 2. The molecule has 0 unspecified atom stereocenters. The van der Waals surface area contributed by atoms with Crippen molar-refractivity contribution in [2.45, 2.75) is 18.8 Å². The van der Waals surface area contributed by atoms with Gasteiger partial charge in [0.05, 0.1) is 11.0 Å². The summed E-state index contributed by atoms with van der Waals surface area (Å²) >= 11 is 0. The lowest BCUT2D eigenvalue weighted by atomic mass is 10.1. The van der Waals surface area contributed by atoms with Crippen molar-refractivity contribution < 1.29 is 24.0 Å². The number of allylic oxidation sites excluding steroid dienone is 1. The minimum absolute atomic E-state index is 0.0331. The number of nitro groups is 1. The van der Waals surface area contributed by atoms with Crippen molar-refractivity contribution in [2.24, 2.45) is 0 Å². The van der Waals surface area contributed by atoms with Crippen LogP contribution in [-0.2, 0) is 14.3 Å². The molecule has 150 valence electrons. The zero-order valence-electron chi connectivity index (χ0n) is 16.2. The molecule has 2 rings (SSSR count). The topological polar surface area (TPSA) is 102 Å². The number of nitrogens with zero attached hydrogens (tertiary/aromatic N) is 3. The number of nitro benzene ring substituents is 1. The van der Waals surface area contributed by atoms with Crippen molar-refractivity contribution in [1.29, 1.82) is 0 Å². The molecule has 0 fully saturated rings. The molecule has 1 aliphatic rings. The quantitative estimate of drug-likeness (QED) is 0.306. The highest BCUT2D eigenvalue weighted by atomic mass is 16.7. The van der Waals surface area contributed by atoms with Crippen LogP contribution < -0.4 is 0 Å². The average molecular weight is 389 g/mol. The molecule has 0 aliphatic carbocycles. The van der Waals surface area contributed by atoms with Gasteiger partial charge in [0.25, 0.3) is 11.6 Å².